The molecule has 0 bridgehead atoms. The number of carbonyl (C=O) groups is 1. The molecule has 0 aromatic rings. The fraction of sp³-hybridized carbons (Fsp3) is 0.833. The van der Waals surface area contributed by atoms with E-state index in [1.54, 1.807) is 0 Å². The zero-order valence-electron chi connectivity index (χ0n) is 7.16. The molecule has 0 aliphatic rings. The lowest BCUT2D eigenvalue weighted by Crippen LogP contribution is -2.46. The van der Waals surface area contributed by atoms with Gasteiger partial charge in [-0.1, -0.05) is 0 Å². The summed E-state index contributed by atoms with van der Waals surface area (Å²) in [7, 11) is 0. The zero-order chi connectivity index (χ0) is 10.6. The van der Waals surface area contributed by atoms with Crippen LogP contribution in [0, 0.1) is 0 Å². The lowest BCUT2D eigenvalue weighted by atomic mass is 10.0. The van der Waals surface area contributed by atoms with Gasteiger partial charge >= 0.3 is 0 Å². The Balaban J connectivity index is 4.24. The van der Waals surface area contributed by atoms with Crippen molar-refractivity contribution < 1.29 is 31.7 Å². The first-order chi connectivity index (χ1) is 5.91. The van der Waals surface area contributed by atoms with E-state index in [0.29, 0.717) is 0 Å². The molecule has 6 heteroatoms. The van der Waals surface area contributed by atoms with Crippen LogP contribution >= 0.6 is 0 Å². The molecule has 0 aliphatic heterocycles. The average molecular weight is 182 g/mol. The van der Waals surface area contributed by atoms with Crippen molar-refractivity contribution >= 4 is 6.26 Å². The molecule has 0 spiro atoms. The van der Waals surface area contributed by atoms with Gasteiger partial charge in [-0.2, -0.15) is 0 Å². The summed E-state index contributed by atoms with van der Waals surface area (Å²) in [5.74, 6) is 0. The molecule has 0 aliphatic carbocycles. The third kappa shape index (κ3) is 2.84. The molecule has 5 N–H and O–H groups in total. The summed E-state index contributed by atoms with van der Waals surface area (Å²) in [6.45, 7) is -0.822. The van der Waals surface area contributed by atoms with Crippen LogP contribution in [0.2, 0.25) is 0 Å². The maximum Gasteiger partial charge on any atom is 0.151 e. The first kappa shape index (κ1) is 9.56. The molecule has 0 heterocycles. The lowest BCUT2D eigenvalue weighted by molar-refractivity contribution is -0.136. The molecule has 0 rings (SSSR count). The fourth-order valence-corrected chi connectivity index (χ4v) is 0.592. The standard InChI is InChI=1S/C6H12O6/c7-1-3(9)5(11)6(12)4(10)2-8/h1,3-6,8-12H,2H2/i1T. The lowest BCUT2D eigenvalue weighted by Gasteiger charge is -2.22. The highest BCUT2D eigenvalue weighted by atomic mass is 16.4. The Kier molecular flexibility index (Phi) is 4.12. The van der Waals surface area contributed by atoms with Gasteiger partial charge in [-0.15, -0.1) is 0 Å². The molecule has 4 unspecified atom stereocenters. The van der Waals surface area contributed by atoms with Crippen molar-refractivity contribution in [3.8, 4) is 0 Å². The van der Waals surface area contributed by atoms with Crippen molar-refractivity contribution in [3.63, 3.8) is 0 Å². The van der Waals surface area contributed by atoms with Crippen molar-refractivity contribution in [3.05, 3.63) is 0 Å². The molecule has 0 amide bonds. The van der Waals surface area contributed by atoms with Crippen LogP contribution in [0.5, 0.6) is 0 Å². The Morgan fingerprint density at radius 2 is 1.75 bits per heavy atom. The quantitative estimate of drug-likeness (QED) is 0.283. The van der Waals surface area contributed by atoms with Crippen LogP contribution < -0.4 is 0 Å². The van der Waals surface area contributed by atoms with Crippen LogP contribution in [0.1, 0.15) is 1.37 Å². The van der Waals surface area contributed by atoms with Gasteiger partial charge in [-0.05, 0) is 0 Å². The van der Waals surface area contributed by atoms with Crippen molar-refractivity contribution in [1.82, 2.24) is 0 Å². The Morgan fingerprint density at radius 3 is 2.08 bits per heavy atom. The molecule has 0 saturated heterocycles. The van der Waals surface area contributed by atoms with E-state index in [1.807, 2.05) is 0 Å². The van der Waals surface area contributed by atoms with Crippen molar-refractivity contribution in [2.45, 2.75) is 24.4 Å². The van der Waals surface area contributed by atoms with E-state index in [-0.39, 0.29) is 0 Å². The van der Waals surface area contributed by atoms with Crippen LogP contribution in [-0.2, 0) is 4.79 Å². The molecule has 6 nitrogen and oxygen atoms in total. The summed E-state index contributed by atoms with van der Waals surface area (Å²) in [4.78, 5) is 10.2. The van der Waals surface area contributed by atoms with Crippen molar-refractivity contribution in [1.29, 1.82) is 0 Å². The second-order valence-corrected chi connectivity index (χ2v) is 2.29. The molecule has 0 aromatic heterocycles. The van der Waals surface area contributed by atoms with Crippen molar-refractivity contribution in [2.24, 2.45) is 0 Å². The second kappa shape index (κ2) is 5.18. The summed E-state index contributed by atoms with van der Waals surface area (Å²) < 4.78 is 6.40. The number of aliphatic hydroxyl groups excluding tert-OH is 5. The molecule has 12 heavy (non-hydrogen) atoms. The second-order valence-electron chi connectivity index (χ2n) is 2.29. The van der Waals surface area contributed by atoms with Gasteiger partial charge in [0.15, 0.2) is 6.26 Å². The predicted octanol–water partition coefficient (Wildman–Crippen LogP) is -3.38. The average Bonchev–Trinajstić information content (AvgIpc) is 2.12. The molecule has 0 fully saturated rings. The molecule has 0 radical (unpaired) electrons. The van der Waals surface area contributed by atoms with E-state index in [2.05, 4.69) is 0 Å². The third-order valence-corrected chi connectivity index (χ3v) is 1.38. The van der Waals surface area contributed by atoms with Crippen molar-refractivity contribution in [2.75, 3.05) is 6.61 Å². The molecular formula is C6H12O6. The maximum absolute atomic E-state index is 10.2. The van der Waals surface area contributed by atoms with E-state index >= 15 is 0 Å². The summed E-state index contributed by atoms with van der Waals surface area (Å²) >= 11 is 0. The van der Waals surface area contributed by atoms with Crippen LogP contribution in [0.15, 0.2) is 0 Å². The smallest absolute Gasteiger partial charge is 0.151 e. The fourth-order valence-electron chi connectivity index (χ4n) is 0.592. The monoisotopic (exact) mass is 182 g/mol. The normalized spacial score (nSPS) is 22.2. The minimum atomic E-state index is -2.09. The van der Waals surface area contributed by atoms with Gasteiger partial charge in [-0.3, -0.25) is 0 Å². The summed E-state index contributed by atoms with van der Waals surface area (Å²) in [5.41, 5.74) is 0. The van der Waals surface area contributed by atoms with Crippen LogP contribution in [0.3, 0.4) is 0 Å². The Morgan fingerprint density at radius 1 is 1.25 bits per heavy atom. The maximum atomic E-state index is 10.2. The third-order valence-electron chi connectivity index (χ3n) is 1.38. The molecular weight excluding hydrogens is 168 g/mol. The minimum Gasteiger partial charge on any atom is -0.394 e. The number of rotatable bonds is 5. The number of hydrogen-bond donors (Lipinski definition) is 5. The van der Waals surface area contributed by atoms with E-state index in [1.165, 1.54) is 0 Å². The predicted molar refractivity (Wildman–Crippen MR) is 37.2 cm³/mol. The van der Waals surface area contributed by atoms with Crippen LogP contribution in [0.25, 0.3) is 0 Å². The van der Waals surface area contributed by atoms with E-state index < -0.39 is 37.3 Å². The highest BCUT2D eigenvalue weighted by Gasteiger charge is 2.29. The minimum absolute atomic E-state index is 0.822. The number of carbonyl (C=O) groups excluding carboxylic acids is 1. The summed E-state index contributed by atoms with van der Waals surface area (Å²) in [6, 6.07) is 0. The van der Waals surface area contributed by atoms with Gasteiger partial charge in [0.1, 0.15) is 25.8 Å². The SMILES string of the molecule is [3H]C(=O)C(O)C(O)C(O)C(O)CO. The van der Waals surface area contributed by atoms with Gasteiger partial charge < -0.3 is 30.3 Å². The van der Waals surface area contributed by atoms with E-state index in [9.17, 15) is 4.79 Å². The highest BCUT2D eigenvalue weighted by Crippen LogP contribution is 2.02. The highest BCUT2D eigenvalue weighted by molar-refractivity contribution is 5.56. The molecule has 72 valence electrons. The number of aliphatic hydroxyl groups is 5. The molecule has 4 atom stereocenters. The molecule has 0 saturated carbocycles. The Labute approximate surface area is 70.1 Å². The number of hydrogen-bond acceptors (Lipinski definition) is 6. The topological polar surface area (TPSA) is 118 Å². The van der Waals surface area contributed by atoms with Gasteiger partial charge in [0.2, 0.25) is 0 Å². The van der Waals surface area contributed by atoms with E-state index in [4.69, 9.17) is 26.9 Å². The van der Waals surface area contributed by atoms with Gasteiger partial charge in [0.05, 0.1) is 6.61 Å². The van der Waals surface area contributed by atoms with Gasteiger partial charge in [-0.25, -0.2) is 0 Å². The largest absolute Gasteiger partial charge is 0.394 e. The van der Waals surface area contributed by atoms with E-state index in [0.717, 1.165) is 0 Å². The van der Waals surface area contributed by atoms with Gasteiger partial charge in [0, 0.05) is 0 Å². The van der Waals surface area contributed by atoms with Crippen LogP contribution in [-0.4, -0.2) is 62.8 Å². The first-order valence-electron chi connectivity index (χ1n) is 3.75. The first-order valence-corrected chi connectivity index (χ1v) is 3.25. The Bertz CT molecular complexity index is 175. The summed E-state index contributed by atoms with van der Waals surface area (Å²) in [6.07, 6.45) is -9.07. The van der Waals surface area contributed by atoms with Gasteiger partial charge in [0.25, 0.3) is 0 Å². The Hall–Kier alpha value is -0.530. The summed E-state index contributed by atoms with van der Waals surface area (Å²) in [5, 5.41) is 43.8. The number of aldehydes is 1. The molecule has 0 aromatic carbocycles. The van der Waals surface area contributed by atoms with Crippen LogP contribution in [0.4, 0.5) is 0 Å². The zero-order valence-corrected chi connectivity index (χ0v) is 6.16.